The number of para-hydroxylation sites is 1. The van der Waals surface area contributed by atoms with Crippen LogP contribution < -0.4 is 4.74 Å². The minimum absolute atomic E-state index is 0.116. The summed E-state index contributed by atoms with van der Waals surface area (Å²) in [6.07, 6.45) is 3.47. The highest BCUT2D eigenvalue weighted by molar-refractivity contribution is 6.00. The Labute approximate surface area is 185 Å². The summed E-state index contributed by atoms with van der Waals surface area (Å²) in [6.45, 7) is 2.92. The number of H-pyrrole nitrogens is 1. The molecule has 160 valence electrons. The number of aromatic amines is 1. The number of rotatable bonds is 6. The fourth-order valence-corrected chi connectivity index (χ4v) is 4.19. The largest absolute Gasteiger partial charge is 0.507 e. The van der Waals surface area contributed by atoms with E-state index in [0.717, 1.165) is 22.4 Å². The maximum absolute atomic E-state index is 13.4. The number of hydrogen-bond acceptors (Lipinski definition) is 5. The van der Waals surface area contributed by atoms with Crippen LogP contribution >= 0.6 is 0 Å². The molecule has 1 aliphatic rings. The number of nitrogens with zero attached hydrogens (tertiary/aromatic N) is 3. The molecule has 7 nitrogen and oxygen atoms in total. The lowest BCUT2D eigenvalue weighted by atomic mass is 9.95. The number of phenolic OH excluding ortho intramolecular Hbond substituents is 1. The second-order valence-electron chi connectivity index (χ2n) is 7.58. The lowest BCUT2D eigenvalue weighted by Crippen LogP contribution is -2.29. The molecule has 1 atom stereocenters. The van der Waals surface area contributed by atoms with E-state index in [4.69, 9.17) is 4.74 Å². The first-order chi connectivity index (χ1) is 15.7. The molecule has 2 aromatic carbocycles. The standard InChI is InChI=1S/C25H22N4O3/c1-2-32-18-11-9-17(10-12-18)24-21-22(19-7-3-4-8-20(19)30)27-28-23(21)25(31)29(24)15-16-6-5-13-26-14-16/h3-14,24,30H,2,15H2,1H3,(H,27,28)/t24-/m1/s1. The second-order valence-corrected chi connectivity index (χ2v) is 7.58. The molecule has 2 N–H and O–H groups in total. The number of carbonyl (C=O) groups is 1. The van der Waals surface area contributed by atoms with Gasteiger partial charge in [0.15, 0.2) is 0 Å². The van der Waals surface area contributed by atoms with Gasteiger partial charge >= 0.3 is 0 Å². The van der Waals surface area contributed by atoms with Gasteiger partial charge in [0.1, 0.15) is 22.9 Å². The van der Waals surface area contributed by atoms with E-state index in [1.807, 2.05) is 49.4 Å². The van der Waals surface area contributed by atoms with Crippen LogP contribution in [0.4, 0.5) is 0 Å². The van der Waals surface area contributed by atoms with Crippen LogP contribution in [0.2, 0.25) is 0 Å². The monoisotopic (exact) mass is 426 g/mol. The Bertz CT molecular complexity index is 1250. The molecule has 0 radical (unpaired) electrons. The number of phenols is 1. The molecule has 2 aromatic heterocycles. The highest BCUT2D eigenvalue weighted by atomic mass is 16.5. The zero-order chi connectivity index (χ0) is 22.1. The molecule has 4 aromatic rings. The van der Waals surface area contributed by atoms with Gasteiger partial charge in [0.05, 0.1) is 12.6 Å². The Morgan fingerprint density at radius 2 is 1.91 bits per heavy atom. The van der Waals surface area contributed by atoms with E-state index in [2.05, 4.69) is 15.2 Å². The number of aromatic hydroxyl groups is 1. The van der Waals surface area contributed by atoms with Gasteiger partial charge in [-0.2, -0.15) is 5.10 Å². The van der Waals surface area contributed by atoms with Gasteiger partial charge in [0.25, 0.3) is 5.91 Å². The van der Waals surface area contributed by atoms with Gasteiger partial charge < -0.3 is 14.7 Å². The fourth-order valence-electron chi connectivity index (χ4n) is 4.19. The topological polar surface area (TPSA) is 91.3 Å². The van der Waals surface area contributed by atoms with Gasteiger partial charge in [0.2, 0.25) is 0 Å². The molecule has 5 rings (SSSR count). The summed E-state index contributed by atoms with van der Waals surface area (Å²) >= 11 is 0. The molecule has 32 heavy (non-hydrogen) atoms. The van der Waals surface area contributed by atoms with Crippen molar-refractivity contribution in [1.29, 1.82) is 0 Å². The molecule has 0 saturated carbocycles. The minimum atomic E-state index is -0.373. The number of ether oxygens (including phenoxy) is 1. The number of amides is 1. The zero-order valence-electron chi connectivity index (χ0n) is 17.5. The summed E-state index contributed by atoms with van der Waals surface area (Å²) in [5, 5.41) is 17.8. The van der Waals surface area contributed by atoms with Gasteiger partial charge in [0, 0.05) is 30.1 Å². The maximum Gasteiger partial charge on any atom is 0.273 e. The number of pyridine rings is 1. The van der Waals surface area contributed by atoms with Crippen molar-refractivity contribution in [2.24, 2.45) is 0 Å². The van der Waals surface area contributed by atoms with Crippen LogP contribution in [-0.4, -0.2) is 37.7 Å². The summed E-state index contributed by atoms with van der Waals surface area (Å²) in [5.41, 5.74) is 4.20. The molecule has 1 amide bonds. The summed E-state index contributed by atoms with van der Waals surface area (Å²) < 4.78 is 5.59. The Balaban J connectivity index is 1.63. The minimum Gasteiger partial charge on any atom is -0.507 e. The molecule has 0 aliphatic carbocycles. The first kappa shape index (κ1) is 19.8. The van der Waals surface area contributed by atoms with Crippen molar-refractivity contribution in [2.75, 3.05) is 6.61 Å². The summed E-state index contributed by atoms with van der Waals surface area (Å²) in [5.74, 6) is 0.745. The van der Waals surface area contributed by atoms with Gasteiger partial charge in [-0.05, 0) is 48.4 Å². The first-order valence-corrected chi connectivity index (χ1v) is 10.5. The molecule has 0 unspecified atom stereocenters. The third-order valence-electron chi connectivity index (χ3n) is 5.61. The van der Waals surface area contributed by atoms with Crippen LogP contribution in [0, 0.1) is 0 Å². The zero-order valence-corrected chi connectivity index (χ0v) is 17.5. The molecular weight excluding hydrogens is 404 g/mol. The third kappa shape index (κ3) is 3.37. The molecule has 0 fully saturated rings. The van der Waals surface area contributed by atoms with Crippen LogP contribution in [0.15, 0.2) is 73.1 Å². The quantitative estimate of drug-likeness (QED) is 0.479. The number of carbonyl (C=O) groups excluding carboxylic acids is 1. The van der Waals surface area contributed by atoms with Gasteiger partial charge in [-0.3, -0.25) is 14.9 Å². The van der Waals surface area contributed by atoms with E-state index in [1.165, 1.54) is 0 Å². The van der Waals surface area contributed by atoms with Crippen LogP contribution in [-0.2, 0) is 6.54 Å². The predicted octanol–water partition coefficient (Wildman–Crippen LogP) is 4.32. The first-order valence-electron chi connectivity index (χ1n) is 10.5. The van der Waals surface area contributed by atoms with Crippen LogP contribution in [0.5, 0.6) is 11.5 Å². The molecule has 0 bridgehead atoms. The van der Waals surface area contributed by atoms with Crippen molar-refractivity contribution in [2.45, 2.75) is 19.5 Å². The van der Waals surface area contributed by atoms with Crippen molar-refractivity contribution in [1.82, 2.24) is 20.1 Å². The summed E-state index contributed by atoms with van der Waals surface area (Å²) in [7, 11) is 0. The Morgan fingerprint density at radius 1 is 1.09 bits per heavy atom. The van der Waals surface area contributed by atoms with Gasteiger partial charge in [-0.15, -0.1) is 0 Å². The molecule has 0 spiro atoms. The average Bonchev–Trinajstić information content (AvgIpc) is 3.35. The van der Waals surface area contributed by atoms with E-state index in [1.54, 1.807) is 35.5 Å². The highest BCUT2D eigenvalue weighted by Crippen LogP contribution is 2.45. The molecule has 0 saturated heterocycles. The third-order valence-corrected chi connectivity index (χ3v) is 5.61. The average molecular weight is 426 g/mol. The van der Waals surface area contributed by atoms with Crippen molar-refractivity contribution >= 4 is 5.91 Å². The van der Waals surface area contributed by atoms with E-state index in [-0.39, 0.29) is 17.7 Å². The van der Waals surface area contributed by atoms with Crippen molar-refractivity contribution in [3.05, 3.63) is 95.4 Å². The van der Waals surface area contributed by atoms with E-state index < -0.39 is 0 Å². The highest BCUT2D eigenvalue weighted by Gasteiger charge is 2.42. The SMILES string of the molecule is CCOc1ccc([C@@H]2c3c(-c4ccccc4O)n[nH]c3C(=O)N2Cc2cccnc2)cc1. The lowest BCUT2D eigenvalue weighted by molar-refractivity contribution is 0.0730. The number of hydrogen-bond donors (Lipinski definition) is 2. The predicted molar refractivity (Wildman–Crippen MR) is 119 cm³/mol. The Kier molecular flexibility index (Phi) is 5.07. The molecular formula is C25H22N4O3. The summed E-state index contributed by atoms with van der Waals surface area (Å²) in [6, 6.07) is 18.2. The number of benzene rings is 2. The van der Waals surface area contributed by atoms with Crippen molar-refractivity contribution in [3.8, 4) is 22.8 Å². The van der Waals surface area contributed by atoms with E-state index in [0.29, 0.717) is 30.1 Å². The normalized spacial score (nSPS) is 15.1. The fraction of sp³-hybridized carbons (Fsp3) is 0.160. The number of nitrogens with one attached hydrogen (secondary N) is 1. The smallest absolute Gasteiger partial charge is 0.273 e. The molecule has 7 heteroatoms. The number of aromatic nitrogens is 3. The number of fused-ring (bicyclic) bond motifs is 1. The lowest BCUT2D eigenvalue weighted by Gasteiger charge is -2.26. The van der Waals surface area contributed by atoms with E-state index >= 15 is 0 Å². The molecule has 3 heterocycles. The summed E-state index contributed by atoms with van der Waals surface area (Å²) in [4.78, 5) is 19.4. The van der Waals surface area contributed by atoms with Crippen LogP contribution in [0.1, 0.15) is 40.1 Å². The van der Waals surface area contributed by atoms with Crippen molar-refractivity contribution < 1.29 is 14.6 Å². The van der Waals surface area contributed by atoms with Crippen LogP contribution in [0.3, 0.4) is 0 Å². The molecule has 1 aliphatic heterocycles. The van der Waals surface area contributed by atoms with Gasteiger partial charge in [-0.1, -0.05) is 30.3 Å². The Hall–Kier alpha value is -4.13. The van der Waals surface area contributed by atoms with Crippen LogP contribution in [0.25, 0.3) is 11.3 Å². The van der Waals surface area contributed by atoms with Crippen molar-refractivity contribution in [3.63, 3.8) is 0 Å². The second kappa shape index (κ2) is 8.19. The Morgan fingerprint density at radius 3 is 2.62 bits per heavy atom. The maximum atomic E-state index is 13.4. The van der Waals surface area contributed by atoms with Gasteiger partial charge in [-0.25, -0.2) is 0 Å². The van der Waals surface area contributed by atoms with E-state index in [9.17, 15) is 9.90 Å².